The summed E-state index contributed by atoms with van der Waals surface area (Å²) in [6, 6.07) is 9.47. The number of furan rings is 1. The highest BCUT2D eigenvalue weighted by atomic mass is 19.1. The van der Waals surface area contributed by atoms with E-state index >= 15 is 0 Å². The van der Waals surface area contributed by atoms with Gasteiger partial charge in [-0.05, 0) is 42.7 Å². The van der Waals surface area contributed by atoms with Crippen LogP contribution in [0.4, 0.5) is 4.39 Å². The Morgan fingerprint density at radius 2 is 1.83 bits per heavy atom. The summed E-state index contributed by atoms with van der Waals surface area (Å²) >= 11 is 0. The molecular formula is C18H19FN2O3. The molecule has 1 aromatic carbocycles. The number of nitrogens with zero attached hydrogens (tertiary/aromatic N) is 1. The first kappa shape index (κ1) is 16.2. The number of amides is 2. The van der Waals surface area contributed by atoms with Gasteiger partial charge in [0.15, 0.2) is 5.76 Å². The van der Waals surface area contributed by atoms with Gasteiger partial charge in [0.2, 0.25) is 5.91 Å². The molecule has 1 N–H and O–H groups in total. The molecule has 0 aliphatic carbocycles. The molecule has 2 aromatic rings. The van der Waals surface area contributed by atoms with E-state index < -0.39 is 5.54 Å². The highest BCUT2D eigenvalue weighted by Crippen LogP contribution is 2.33. The highest BCUT2D eigenvalue weighted by Gasteiger charge is 2.38. The van der Waals surface area contributed by atoms with Crippen LogP contribution in [0.5, 0.6) is 0 Å². The Morgan fingerprint density at radius 1 is 1.17 bits per heavy atom. The zero-order valence-corrected chi connectivity index (χ0v) is 13.4. The van der Waals surface area contributed by atoms with Gasteiger partial charge in [-0.2, -0.15) is 0 Å². The molecule has 0 spiro atoms. The van der Waals surface area contributed by atoms with Crippen molar-refractivity contribution in [1.29, 1.82) is 0 Å². The molecule has 1 aromatic heterocycles. The van der Waals surface area contributed by atoms with Gasteiger partial charge < -0.3 is 14.6 Å². The largest absolute Gasteiger partial charge is 0.459 e. The van der Waals surface area contributed by atoms with Crippen LogP contribution in [0.15, 0.2) is 47.1 Å². The molecule has 1 fully saturated rings. The smallest absolute Gasteiger partial charge is 0.289 e. The normalized spacial score (nSPS) is 16.7. The number of piperidine rings is 1. The van der Waals surface area contributed by atoms with Gasteiger partial charge in [0.25, 0.3) is 5.91 Å². The predicted molar refractivity (Wildman–Crippen MR) is 85.7 cm³/mol. The molecule has 0 saturated carbocycles. The number of nitrogens with one attached hydrogen (secondary N) is 1. The van der Waals surface area contributed by atoms with Crippen molar-refractivity contribution >= 4 is 11.8 Å². The van der Waals surface area contributed by atoms with Crippen molar-refractivity contribution in [2.24, 2.45) is 0 Å². The second kappa shape index (κ2) is 6.47. The molecule has 0 bridgehead atoms. The first-order chi connectivity index (χ1) is 11.5. The third-order valence-electron chi connectivity index (χ3n) is 4.45. The molecule has 1 aliphatic heterocycles. The van der Waals surface area contributed by atoms with E-state index in [0.29, 0.717) is 31.7 Å². The Hall–Kier alpha value is -2.63. The third-order valence-corrected chi connectivity index (χ3v) is 4.45. The summed E-state index contributed by atoms with van der Waals surface area (Å²) in [4.78, 5) is 25.8. The van der Waals surface area contributed by atoms with Crippen LogP contribution in [0.1, 0.15) is 35.9 Å². The topological polar surface area (TPSA) is 62.6 Å². The van der Waals surface area contributed by atoms with E-state index in [1.54, 1.807) is 29.2 Å². The van der Waals surface area contributed by atoms with Crippen molar-refractivity contribution in [1.82, 2.24) is 10.2 Å². The SMILES string of the molecule is CC(=O)NC1(c2ccc(F)cc2)CCN(C(=O)c2ccco2)CC1. The summed E-state index contributed by atoms with van der Waals surface area (Å²) in [5.74, 6) is -0.313. The average Bonchev–Trinajstić information content (AvgIpc) is 3.09. The second-order valence-corrected chi connectivity index (χ2v) is 6.04. The van der Waals surface area contributed by atoms with Crippen LogP contribution in [0.25, 0.3) is 0 Å². The summed E-state index contributed by atoms with van der Waals surface area (Å²) < 4.78 is 18.4. The molecule has 6 heteroatoms. The maximum atomic E-state index is 13.2. The Balaban J connectivity index is 1.79. The van der Waals surface area contributed by atoms with Crippen molar-refractivity contribution in [3.8, 4) is 0 Å². The number of carbonyl (C=O) groups excluding carboxylic acids is 2. The number of halogens is 1. The monoisotopic (exact) mass is 330 g/mol. The number of hydrogen-bond donors (Lipinski definition) is 1. The van der Waals surface area contributed by atoms with Crippen molar-refractivity contribution in [3.63, 3.8) is 0 Å². The predicted octanol–water partition coefficient (Wildman–Crippen LogP) is 2.69. The number of benzene rings is 1. The Labute approximate surface area is 139 Å². The Morgan fingerprint density at radius 3 is 2.38 bits per heavy atom. The minimum atomic E-state index is -0.584. The fourth-order valence-corrected chi connectivity index (χ4v) is 3.24. The summed E-state index contributed by atoms with van der Waals surface area (Å²) in [6.07, 6.45) is 2.59. The van der Waals surface area contributed by atoms with E-state index in [1.165, 1.54) is 25.3 Å². The molecule has 3 rings (SSSR count). The van der Waals surface area contributed by atoms with E-state index in [9.17, 15) is 14.0 Å². The molecule has 24 heavy (non-hydrogen) atoms. The zero-order valence-electron chi connectivity index (χ0n) is 13.4. The molecular weight excluding hydrogens is 311 g/mol. The highest BCUT2D eigenvalue weighted by molar-refractivity contribution is 5.91. The molecule has 2 amide bonds. The molecule has 2 heterocycles. The molecule has 0 unspecified atom stereocenters. The first-order valence-corrected chi connectivity index (χ1v) is 7.88. The van der Waals surface area contributed by atoms with Gasteiger partial charge in [-0.1, -0.05) is 12.1 Å². The fourth-order valence-electron chi connectivity index (χ4n) is 3.24. The van der Waals surface area contributed by atoms with Gasteiger partial charge in [0, 0.05) is 20.0 Å². The average molecular weight is 330 g/mol. The minimum Gasteiger partial charge on any atom is -0.459 e. The lowest BCUT2D eigenvalue weighted by Crippen LogP contribution is -2.53. The van der Waals surface area contributed by atoms with Crippen LogP contribution in [-0.2, 0) is 10.3 Å². The van der Waals surface area contributed by atoms with Gasteiger partial charge in [-0.25, -0.2) is 4.39 Å². The van der Waals surface area contributed by atoms with Crippen LogP contribution < -0.4 is 5.32 Å². The quantitative estimate of drug-likeness (QED) is 0.941. The fraction of sp³-hybridized carbons (Fsp3) is 0.333. The third kappa shape index (κ3) is 3.18. The lowest BCUT2D eigenvalue weighted by atomic mass is 9.80. The molecule has 5 nitrogen and oxygen atoms in total. The lowest BCUT2D eigenvalue weighted by molar-refractivity contribution is -0.121. The van der Waals surface area contributed by atoms with Crippen LogP contribution in [0.2, 0.25) is 0 Å². The standard InChI is InChI=1S/C18H19FN2O3/c1-13(22)20-18(14-4-6-15(19)7-5-14)8-10-21(11-9-18)17(23)16-3-2-12-24-16/h2-7,12H,8-11H2,1H3,(H,20,22). The molecule has 1 aliphatic rings. The summed E-state index contributed by atoms with van der Waals surface area (Å²) in [5, 5.41) is 3.00. The van der Waals surface area contributed by atoms with Crippen LogP contribution in [0.3, 0.4) is 0 Å². The maximum absolute atomic E-state index is 13.2. The second-order valence-electron chi connectivity index (χ2n) is 6.04. The van der Waals surface area contributed by atoms with E-state index in [-0.39, 0.29) is 17.6 Å². The summed E-state index contributed by atoms with van der Waals surface area (Å²) in [6.45, 7) is 2.43. The van der Waals surface area contributed by atoms with E-state index in [4.69, 9.17) is 4.42 Å². The first-order valence-electron chi connectivity index (χ1n) is 7.88. The van der Waals surface area contributed by atoms with Crippen molar-refractivity contribution < 1.29 is 18.4 Å². The van der Waals surface area contributed by atoms with Gasteiger partial charge in [0.05, 0.1) is 11.8 Å². The lowest BCUT2D eigenvalue weighted by Gasteiger charge is -2.42. The van der Waals surface area contributed by atoms with Gasteiger partial charge in [-0.15, -0.1) is 0 Å². The number of hydrogen-bond acceptors (Lipinski definition) is 3. The zero-order chi connectivity index (χ0) is 17.2. The number of likely N-dealkylation sites (tertiary alicyclic amines) is 1. The summed E-state index contributed by atoms with van der Waals surface area (Å²) in [7, 11) is 0. The van der Waals surface area contributed by atoms with Gasteiger partial charge >= 0.3 is 0 Å². The van der Waals surface area contributed by atoms with E-state index in [2.05, 4.69) is 5.32 Å². The summed E-state index contributed by atoms with van der Waals surface area (Å²) in [5.41, 5.74) is 0.267. The Bertz CT molecular complexity index is 717. The van der Waals surface area contributed by atoms with Crippen LogP contribution >= 0.6 is 0 Å². The van der Waals surface area contributed by atoms with E-state index in [0.717, 1.165) is 5.56 Å². The van der Waals surface area contributed by atoms with Crippen molar-refractivity contribution in [3.05, 3.63) is 59.8 Å². The molecule has 126 valence electrons. The Kier molecular flexibility index (Phi) is 4.38. The van der Waals surface area contributed by atoms with Crippen molar-refractivity contribution in [2.45, 2.75) is 25.3 Å². The van der Waals surface area contributed by atoms with Gasteiger partial charge in [0.1, 0.15) is 5.82 Å². The molecule has 1 saturated heterocycles. The van der Waals surface area contributed by atoms with Gasteiger partial charge in [-0.3, -0.25) is 9.59 Å². The number of carbonyl (C=O) groups is 2. The van der Waals surface area contributed by atoms with Crippen LogP contribution in [-0.4, -0.2) is 29.8 Å². The maximum Gasteiger partial charge on any atom is 0.289 e. The molecule has 0 atom stereocenters. The van der Waals surface area contributed by atoms with Crippen LogP contribution in [0, 0.1) is 5.82 Å². The minimum absolute atomic E-state index is 0.148. The number of rotatable bonds is 3. The van der Waals surface area contributed by atoms with E-state index in [1.807, 2.05) is 0 Å². The van der Waals surface area contributed by atoms with Crippen molar-refractivity contribution in [2.75, 3.05) is 13.1 Å². The molecule has 0 radical (unpaired) electrons.